The van der Waals surface area contributed by atoms with E-state index in [4.69, 9.17) is 9.47 Å². The van der Waals surface area contributed by atoms with Gasteiger partial charge in [-0.1, -0.05) is 42.5 Å². The number of amides is 1. The third kappa shape index (κ3) is 6.23. The maximum Gasteiger partial charge on any atom is 0.220 e. The Morgan fingerprint density at radius 1 is 1.03 bits per heavy atom. The van der Waals surface area contributed by atoms with E-state index in [1.54, 1.807) is 7.11 Å². The zero-order valence-corrected chi connectivity index (χ0v) is 21.7. The maximum atomic E-state index is 13.5. The lowest BCUT2D eigenvalue weighted by molar-refractivity contribution is -0.121. The Bertz CT molecular complexity index is 1350. The second kappa shape index (κ2) is 12.2. The van der Waals surface area contributed by atoms with Crippen molar-refractivity contribution in [2.45, 2.75) is 18.9 Å². The number of methoxy groups -OCH3 is 1. The number of para-hydroxylation sites is 1. The summed E-state index contributed by atoms with van der Waals surface area (Å²) in [5, 5.41) is 4.24. The van der Waals surface area contributed by atoms with Gasteiger partial charge < -0.3 is 19.4 Å². The maximum absolute atomic E-state index is 13.5. The first-order valence-electron chi connectivity index (χ1n) is 13.1. The van der Waals surface area contributed by atoms with Crippen LogP contribution in [0.1, 0.15) is 29.0 Å². The minimum atomic E-state index is -0.244. The van der Waals surface area contributed by atoms with Crippen LogP contribution in [0.2, 0.25) is 0 Å². The molecule has 1 fully saturated rings. The van der Waals surface area contributed by atoms with Crippen LogP contribution in [0.3, 0.4) is 0 Å². The predicted octanol–water partition coefficient (Wildman–Crippen LogP) is 4.81. The fraction of sp³-hybridized carbons (Fsp3) is 0.323. The number of hydrogen-bond acceptors (Lipinski definition) is 4. The molecule has 1 unspecified atom stereocenters. The highest BCUT2D eigenvalue weighted by Crippen LogP contribution is 2.35. The number of nitrogens with zero attached hydrogens (tertiary/aromatic N) is 2. The number of rotatable bonds is 10. The van der Waals surface area contributed by atoms with Crippen LogP contribution in [0, 0.1) is 5.82 Å². The van der Waals surface area contributed by atoms with Crippen LogP contribution in [-0.2, 0) is 16.1 Å². The Kier molecular flexibility index (Phi) is 8.36. The van der Waals surface area contributed by atoms with E-state index in [-0.39, 0.29) is 17.6 Å². The lowest BCUT2D eigenvalue weighted by Crippen LogP contribution is -2.41. The number of nitrogens with one attached hydrogen (secondary N) is 1. The highest BCUT2D eigenvalue weighted by Gasteiger charge is 2.23. The summed E-state index contributed by atoms with van der Waals surface area (Å²) in [4.78, 5) is 15.5. The summed E-state index contributed by atoms with van der Waals surface area (Å²) in [7, 11) is 1.65. The summed E-state index contributed by atoms with van der Waals surface area (Å²) >= 11 is 0. The molecule has 2 heterocycles. The van der Waals surface area contributed by atoms with Crippen molar-refractivity contribution >= 4 is 16.8 Å². The van der Waals surface area contributed by atoms with Crippen LogP contribution in [0.25, 0.3) is 10.9 Å². The number of carbonyl (C=O) groups excluding carboxylic acids is 1. The van der Waals surface area contributed by atoms with E-state index >= 15 is 0 Å². The number of aromatic nitrogens is 1. The number of halogens is 1. The van der Waals surface area contributed by atoms with Gasteiger partial charge in [-0.05, 0) is 47.0 Å². The average molecular weight is 516 g/mol. The van der Waals surface area contributed by atoms with Gasteiger partial charge in [-0.15, -0.1) is 0 Å². The molecule has 1 amide bonds. The Balaban J connectivity index is 1.42. The summed E-state index contributed by atoms with van der Waals surface area (Å²) in [6.45, 7) is 5.34. The van der Waals surface area contributed by atoms with E-state index in [2.05, 4.69) is 33.1 Å². The fourth-order valence-electron chi connectivity index (χ4n) is 5.15. The first kappa shape index (κ1) is 25.9. The molecular formula is C31H34FN3O3. The summed E-state index contributed by atoms with van der Waals surface area (Å²) in [6, 6.07) is 22.8. The summed E-state index contributed by atoms with van der Waals surface area (Å²) in [5.74, 6) is 0.422. The Morgan fingerprint density at radius 2 is 1.76 bits per heavy atom. The lowest BCUT2D eigenvalue weighted by atomic mass is 9.88. The van der Waals surface area contributed by atoms with E-state index in [9.17, 15) is 9.18 Å². The van der Waals surface area contributed by atoms with Crippen molar-refractivity contribution in [1.29, 1.82) is 0 Å². The highest BCUT2D eigenvalue weighted by molar-refractivity contribution is 5.86. The van der Waals surface area contributed by atoms with Crippen molar-refractivity contribution in [2.75, 3.05) is 46.5 Å². The summed E-state index contributed by atoms with van der Waals surface area (Å²) < 4.78 is 26.5. The molecule has 7 heteroatoms. The topological polar surface area (TPSA) is 55.7 Å². The SMILES string of the molecule is COc1ccc(C(CC(=O)NCCN2CCOCC2)c2cn(Cc3ccc(F)cc3)c3ccccc23)cc1. The van der Waals surface area contributed by atoms with Crippen LogP contribution < -0.4 is 10.1 Å². The molecule has 3 aromatic carbocycles. The van der Waals surface area contributed by atoms with Crippen LogP contribution in [0.4, 0.5) is 4.39 Å². The predicted molar refractivity (Wildman–Crippen MR) is 147 cm³/mol. The normalized spacial score (nSPS) is 14.9. The quantitative estimate of drug-likeness (QED) is 0.330. The third-order valence-electron chi connectivity index (χ3n) is 7.22. The van der Waals surface area contributed by atoms with Gasteiger partial charge in [-0.2, -0.15) is 0 Å². The molecule has 1 atom stereocenters. The Morgan fingerprint density at radius 3 is 2.50 bits per heavy atom. The molecule has 6 nitrogen and oxygen atoms in total. The molecular weight excluding hydrogens is 481 g/mol. The molecule has 5 rings (SSSR count). The third-order valence-corrected chi connectivity index (χ3v) is 7.22. The smallest absolute Gasteiger partial charge is 0.220 e. The first-order valence-corrected chi connectivity index (χ1v) is 13.1. The molecule has 1 saturated heterocycles. The van der Waals surface area contributed by atoms with Crippen molar-refractivity contribution in [3.05, 3.63) is 102 Å². The molecule has 0 aliphatic carbocycles. The standard InChI is InChI=1S/C31H34FN3O3/c1-37-26-12-8-24(9-13-26)28(20-31(36)33-14-15-34-16-18-38-19-17-34)29-22-35(30-5-3-2-4-27(29)30)21-23-6-10-25(32)11-7-23/h2-13,22,28H,14-21H2,1H3,(H,33,36). The second-order valence-corrected chi connectivity index (χ2v) is 9.69. The van der Waals surface area contributed by atoms with Crippen molar-refractivity contribution < 1.29 is 18.7 Å². The minimum absolute atomic E-state index is 0.0226. The Labute approximate surface area is 223 Å². The number of fused-ring (bicyclic) bond motifs is 1. The zero-order chi connectivity index (χ0) is 26.3. The monoisotopic (exact) mass is 515 g/mol. The van der Waals surface area contributed by atoms with Crippen LogP contribution >= 0.6 is 0 Å². The fourth-order valence-corrected chi connectivity index (χ4v) is 5.15. The molecule has 0 saturated carbocycles. The summed E-state index contributed by atoms with van der Waals surface area (Å²) in [5.41, 5.74) is 4.24. The number of carbonyl (C=O) groups is 1. The molecule has 198 valence electrons. The molecule has 0 radical (unpaired) electrons. The van der Waals surface area contributed by atoms with E-state index in [1.165, 1.54) is 12.1 Å². The summed E-state index contributed by atoms with van der Waals surface area (Å²) in [6.07, 6.45) is 2.48. The van der Waals surface area contributed by atoms with Gasteiger partial charge in [0.25, 0.3) is 0 Å². The molecule has 1 aromatic heterocycles. The van der Waals surface area contributed by atoms with E-state index in [0.29, 0.717) is 19.5 Å². The molecule has 4 aromatic rings. The van der Waals surface area contributed by atoms with Gasteiger partial charge in [-0.25, -0.2) is 4.39 Å². The van der Waals surface area contributed by atoms with Crippen LogP contribution in [-0.4, -0.2) is 61.9 Å². The van der Waals surface area contributed by atoms with E-state index < -0.39 is 0 Å². The molecule has 1 N–H and O–H groups in total. The number of hydrogen-bond donors (Lipinski definition) is 1. The van der Waals surface area contributed by atoms with Gasteiger partial charge >= 0.3 is 0 Å². The average Bonchev–Trinajstić information content (AvgIpc) is 3.31. The lowest BCUT2D eigenvalue weighted by Gasteiger charge is -2.26. The van der Waals surface area contributed by atoms with Gasteiger partial charge in [0.05, 0.1) is 20.3 Å². The van der Waals surface area contributed by atoms with Crippen LogP contribution in [0.15, 0.2) is 79.0 Å². The van der Waals surface area contributed by atoms with E-state index in [1.807, 2.05) is 48.5 Å². The van der Waals surface area contributed by atoms with Crippen molar-refractivity contribution in [2.24, 2.45) is 0 Å². The zero-order valence-electron chi connectivity index (χ0n) is 21.7. The molecule has 0 spiro atoms. The highest BCUT2D eigenvalue weighted by atomic mass is 19.1. The second-order valence-electron chi connectivity index (χ2n) is 9.69. The van der Waals surface area contributed by atoms with Gasteiger partial charge in [-0.3, -0.25) is 9.69 Å². The van der Waals surface area contributed by atoms with Gasteiger partial charge in [0.2, 0.25) is 5.91 Å². The van der Waals surface area contributed by atoms with Crippen molar-refractivity contribution in [3.8, 4) is 5.75 Å². The molecule has 1 aliphatic rings. The van der Waals surface area contributed by atoms with Crippen molar-refractivity contribution in [1.82, 2.24) is 14.8 Å². The minimum Gasteiger partial charge on any atom is -0.497 e. The van der Waals surface area contributed by atoms with Gasteiger partial charge in [0, 0.05) is 62.2 Å². The molecule has 0 bridgehead atoms. The largest absolute Gasteiger partial charge is 0.497 e. The first-order chi connectivity index (χ1) is 18.6. The number of benzene rings is 3. The van der Waals surface area contributed by atoms with Crippen molar-refractivity contribution in [3.63, 3.8) is 0 Å². The van der Waals surface area contributed by atoms with Gasteiger partial charge in [0.1, 0.15) is 11.6 Å². The number of morpholine rings is 1. The van der Waals surface area contributed by atoms with E-state index in [0.717, 1.165) is 66.2 Å². The molecule has 38 heavy (non-hydrogen) atoms. The Hall–Kier alpha value is -3.68. The van der Waals surface area contributed by atoms with Crippen LogP contribution in [0.5, 0.6) is 5.75 Å². The molecule has 1 aliphatic heterocycles. The number of ether oxygens (including phenoxy) is 2. The van der Waals surface area contributed by atoms with Gasteiger partial charge in [0.15, 0.2) is 0 Å².